The summed E-state index contributed by atoms with van der Waals surface area (Å²) in [5.74, 6) is 0.934. The van der Waals surface area contributed by atoms with Gasteiger partial charge >= 0.3 is 0 Å². The van der Waals surface area contributed by atoms with Crippen LogP contribution in [-0.2, 0) is 6.42 Å². The van der Waals surface area contributed by atoms with E-state index in [1.54, 1.807) is 11.3 Å². The lowest BCUT2D eigenvalue weighted by molar-refractivity contribution is 0.327. The van der Waals surface area contributed by atoms with E-state index in [0.717, 1.165) is 12.2 Å². The number of hydrogen-bond donors (Lipinski definition) is 1. The first-order chi connectivity index (χ1) is 7.27. The van der Waals surface area contributed by atoms with Crippen LogP contribution in [0.4, 0.5) is 0 Å². The van der Waals surface area contributed by atoms with Gasteiger partial charge in [0.1, 0.15) is 12.5 Å². The molecule has 80 valence electrons. The normalized spacial score (nSPS) is 10.9. The first-order valence-electron chi connectivity index (χ1n) is 5.10. The molecular formula is C12H15NOS. The van der Waals surface area contributed by atoms with Crippen LogP contribution in [0.3, 0.4) is 0 Å². The van der Waals surface area contributed by atoms with Crippen molar-refractivity contribution in [3.05, 3.63) is 28.6 Å². The van der Waals surface area contributed by atoms with Crippen molar-refractivity contribution < 1.29 is 4.74 Å². The van der Waals surface area contributed by atoms with Gasteiger partial charge in [-0.3, -0.25) is 5.73 Å². The fourth-order valence-electron chi connectivity index (χ4n) is 1.92. The summed E-state index contributed by atoms with van der Waals surface area (Å²) in [4.78, 5) is 0. The molecule has 1 aromatic heterocycles. The van der Waals surface area contributed by atoms with Gasteiger partial charge in [0.2, 0.25) is 0 Å². The molecule has 1 aromatic carbocycles. The molecule has 0 spiro atoms. The molecule has 0 fully saturated rings. The molecule has 0 aliphatic heterocycles. The maximum atomic E-state index is 5.47. The zero-order valence-electron chi connectivity index (χ0n) is 9.04. The number of aryl methyl sites for hydroxylation is 2. The van der Waals surface area contributed by atoms with Crippen molar-refractivity contribution in [2.45, 2.75) is 20.3 Å². The molecule has 2 nitrogen and oxygen atoms in total. The van der Waals surface area contributed by atoms with E-state index < -0.39 is 0 Å². The predicted octanol–water partition coefficient (Wildman–Crippen LogP) is 3.07. The molecule has 0 unspecified atom stereocenters. The van der Waals surface area contributed by atoms with Crippen LogP contribution in [-0.4, -0.2) is 6.73 Å². The van der Waals surface area contributed by atoms with Crippen molar-refractivity contribution in [1.29, 1.82) is 0 Å². The highest BCUT2D eigenvalue weighted by Crippen LogP contribution is 2.34. The maximum absolute atomic E-state index is 5.47. The Labute approximate surface area is 93.7 Å². The van der Waals surface area contributed by atoms with E-state index in [0.29, 0.717) is 0 Å². The van der Waals surface area contributed by atoms with E-state index >= 15 is 0 Å². The lowest BCUT2D eigenvalue weighted by Gasteiger charge is -2.11. The summed E-state index contributed by atoms with van der Waals surface area (Å²) in [7, 11) is 0. The molecule has 15 heavy (non-hydrogen) atoms. The minimum atomic E-state index is 0.238. The lowest BCUT2D eigenvalue weighted by Crippen LogP contribution is -2.09. The van der Waals surface area contributed by atoms with Crippen molar-refractivity contribution in [2.24, 2.45) is 5.73 Å². The standard InChI is InChI=1S/C12H15NOS/c1-3-9-10-4-5-15-12(10)8(2)6-11(9)14-7-13/h4-6H,3,7,13H2,1-2H3. The first kappa shape index (κ1) is 10.5. The van der Waals surface area contributed by atoms with Crippen molar-refractivity contribution in [1.82, 2.24) is 0 Å². The Kier molecular flexibility index (Phi) is 2.93. The van der Waals surface area contributed by atoms with Gasteiger partial charge in [0.05, 0.1) is 0 Å². The number of ether oxygens (including phenoxy) is 1. The molecule has 1 heterocycles. The summed E-state index contributed by atoms with van der Waals surface area (Å²) in [6.07, 6.45) is 0.975. The van der Waals surface area contributed by atoms with Gasteiger partial charge in [-0.25, -0.2) is 0 Å². The van der Waals surface area contributed by atoms with Gasteiger partial charge in [-0.15, -0.1) is 11.3 Å². The number of fused-ring (bicyclic) bond motifs is 1. The van der Waals surface area contributed by atoms with Gasteiger partial charge in [-0.2, -0.15) is 0 Å². The molecule has 0 atom stereocenters. The second-order valence-corrected chi connectivity index (χ2v) is 4.41. The second-order valence-electron chi connectivity index (χ2n) is 3.50. The highest BCUT2D eigenvalue weighted by molar-refractivity contribution is 7.17. The maximum Gasteiger partial charge on any atom is 0.137 e. The zero-order chi connectivity index (χ0) is 10.8. The van der Waals surface area contributed by atoms with E-state index in [2.05, 4.69) is 31.4 Å². The molecule has 0 bridgehead atoms. The lowest BCUT2D eigenvalue weighted by atomic mass is 10.0. The predicted molar refractivity (Wildman–Crippen MR) is 65.6 cm³/mol. The summed E-state index contributed by atoms with van der Waals surface area (Å²) >= 11 is 1.78. The minimum Gasteiger partial charge on any atom is -0.478 e. The molecular weight excluding hydrogens is 206 g/mol. The van der Waals surface area contributed by atoms with Crippen LogP contribution in [0.15, 0.2) is 17.5 Å². The molecule has 0 amide bonds. The van der Waals surface area contributed by atoms with E-state index in [-0.39, 0.29) is 6.73 Å². The second kappa shape index (κ2) is 4.21. The third-order valence-electron chi connectivity index (χ3n) is 2.59. The third kappa shape index (κ3) is 1.73. The summed E-state index contributed by atoms with van der Waals surface area (Å²) in [6.45, 7) is 4.49. The molecule has 3 heteroatoms. The number of benzene rings is 1. The van der Waals surface area contributed by atoms with Gasteiger partial charge in [0.25, 0.3) is 0 Å². The largest absolute Gasteiger partial charge is 0.478 e. The zero-order valence-corrected chi connectivity index (χ0v) is 9.86. The molecule has 0 saturated heterocycles. The number of nitrogens with two attached hydrogens (primary N) is 1. The number of hydrogen-bond acceptors (Lipinski definition) is 3. The van der Waals surface area contributed by atoms with Gasteiger partial charge in [-0.05, 0) is 41.8 Å². The Morgan fingerprint density at radius 3 is 2.93 bits per heavy atom. The van der Waals surface area contributed by atoms with Crippen LogP contribution in [0.2, 0.25) is 0 Å². The Morgan fingerprint density at radius 1 is 1.47 bits per heavy atom. The average molecular weight is 221 g/mol. The summed E-state index contributed by atoms with van der Waals surface area (Å²) in [6, 6.07) is 4.25. The molecule has 2 aromatic rings. The van der Waals surface area contributed by atoms with Crippen molar-refractivity contribution in [3.8, 4) is 5.75 Å². The Hall–Kier alpha value is -1.06. The van der Waals surface area contributed by atoms with Crippen molar-refractivity contribution >= 4 is 21.4 Å². The van der Waals surface area contributed by atoms with Crippen LogP contribution in [0.5, 0.6) is 5.75 Å². The molecule has 2 rings (SSSR count). The molecule has 0 aliphatic carbocycles. The van der Waals surface area contributed by atoms with Gasteiger partial charge < -0.3 is 4.74 Å². The fourth-order valence-corrected chi connectivity index (χ4v) is 2.82. The van der Waals surface area contributed by atoms with E-state index in [1.165, 1.54) is 21.2 Å². The van der Waals surface area contributed by atoms with Gasteiger partial charge in [0, 0.05) is 10.3 Å². The van der Waals surface area contributed by atoms with E-state index in [9.17, 15) is 0 Å². The third-order valence-corrected chi connectivity index (χ3v) is 3.64. The highest BCUT2D eigenvalue weighted by atomic mass is 32.1. The smallest absolute Gasteiger partial charge is 0.137 e. The average Bonchev–Trinajstić information content (AvgIpc) is 2.68. The topological polar surface area (TPSA) is 35.2 Å². The Morgan fingerprint density at radius 2 is 2.27 bits per heavy atom. The fraction of sp³-hybridized carbons (Fsp3) is 0.333. The van der Waals surface area contributed by atoms with Crippen molar-refractivity contribution in [2.75, 3.05) is 6.73 Å². The van der Waals surface area contributed by atoms with Crippen LogP contribution in [0.1, 0.15) is 18.1 Å². The van der Waals surface area contributed by atoms with Crippen molar-refractivity contribution in [3.63, 3.8) is 0 Å². The summed E-state index contributed by atoms with van der Waals surface area (Å²) < 4.78 is 6.83. The van der Waals surface area contributed by atoms with E-state index in [1.807, 2.05) is 0 Å². The summed E-state index contributed by atoms with van der Waals surface area (Å²) in [5, 5.41) is 3.44. The van der Waals surface area contributed by atoms with Gasteiger partial charge in [0.15, 0.2) is 0 Å². The van der Waals surface area contributed by atoms with E-state index in [4.69, 9.17) is 10.5 Å². The van der Waals surface area contributed by atoms with Crippen LogP contribution >= 0.6 is 11.3 Å². The highest BCUT2D eigenvalue weighted by Gasteiger charge is 2.10. The Bertz CT molecular complexity index is 476. The Balaban J connectivity index is 2.69. The molecule has 0 aliphatic rings. The van der Waals surface area contributed by atoms with Crippen LogP contribution in [0.25, 0.3) is 10.1 Å². The quantitative estimate of drug-likeness (QED) is 0.808. The number of thiophene rings is 1. The van der Waals surface area contributed by atoms with Gasteiger partial charge in [-0.1, -0.05) is 6.92 Å². The first-order valence-corrected chi connectivity index (χ1v) is 5.98. The molecule has 0 radical (unpaired) electrons. The SMILES string of the molecule is CCc1c(OCN)cc(C)c2sccc12. The van der Waals surface area contributed by atoms with Crippen LogP contribution in [0, 0.1) is 6.92 Å². The summed E-state index contributed by atoms with van der Waals surface area (Å²) in [5.41, 5.74) is 7.96. The molecule has 0 saturated carbocycles. The minimum absolute atomic E-state index is 0.238. The monoisotopic (exact) mass is 221 g/mol. The number of rotatable bonds is 3. The molecule has 2 N–H and O–H groups in total. The van der Waals surface area contributed by atoms with Crippen LogP contribution < -0.4 is 10.5 Å².